The van der Waals surface area contributed by atoms with E-state index < -0.39 is 7.25 Å². The first kappa shape index (κ1) is 45.6. The Morgan fingerprint density at radius 2 is 0.896 bits per heavy atom. The van der Waals surface area contributed by atoms with Crippen LogP contribution in [-0.2, 0) is 38.2 Å². The summed E-state index contributed by atoms with van der Waals surface area (Å²) in [5.41, 5.74) is 4.90. The fraction of sp³-hybridized carbons (Fsp3) is 0.622. The van der Waals surface area contributed by atoms with Gasteiger partial charge in [0.1, 0.15) is 0 Å². The fourth-order valence-electron chi connectivity index (χ4n) is 4.78. The van der Waals surface area contributed by atoms with E-state index in [0.29, 0.717) is 24.2 Å². The van der Waals surface area contributed by atoms with E-state index >= 15 is 0 Å². The molecule has 0 aliphatic carbocycles. The maximum atomic E-state index is 13.1. The molecule has 2 aromatic carbocycles. The number of nitrogens with zero attached hydrogens (tertiary/aromatic N) is 3. The molecule has 0 heterocycles. The largest absolute Gasteiger partial charge is 3.00 e. The Morgan fingerprint density at radius 1 is 0.604 bits per heavy atom. The van der Waals surface area contributed by atoms with E-state index in [1.165, 1.54) is 11.1 Å². The van der Waals surface area contributed by atoms with Gasteiger partial charge < -0.3 is 32.4 Å². The zero-order valence-corrected chi connectivity index (χ0v) is 32.3. The third-order valence-electron chi connectivity index (χ3n) is 7.70. The molecule has 0 aliphatic rings. The van der Waals surface area contributed by atoms with Gasteiger partial charge in [-0.15, -0.1) is 0 Å². The molecule has 0 aromatic heterocycles. The molecule has 0 saturated heterocycles. The molecule has 2 rings (SSSR count). The number of halogens is 4. The van der Waals surface area contributed by atoms with Crippen molar-refractivity contribution >= 4 is 19.7 Å². The Hall–Kier alpha value is -2.38. The quantitative estimate of drug-likeness (QED) is 0.107. The van der Waals surface area contributed by atoms with Gasteiger partial charge in [0.05, 0.1) is 0 Å². The Kier molecular flexibility index (Phi) is 17.1. The zero-order chi connectivity index (χ0) is 36.6. The van der Waals surface area contributed by atoms with Crippen molar-refractivity contribution in [1.82, 2.24) is 4.90 Å². The third-order valence-corrected chi connectivity index (χ3v) is 7.70. The minimum atomic E-state index is -6.00. The van der Waals surface area contributed by atoms with Crippen LogP contribution < -0.4 is 10.2 Å². The average molecular weight is 721 g/mol. The second kappa shape index (κ2) is 18.0. The molecule has 0 N–H and O–H groups in total. The molecule has 0 bridgehead atoms. The molecular formula is C37H57BF4N3NiO2. The Morgan fingerprint density at radius 3 is 1.15 bits per heavy atom. The summed E-state index contributed by atoms with van der Waals surface area (Å²) in [7, 11) is -3.89. The predicted octanol–water partition coefficient (Wildman–Crippen LogP) is 8.57. The van der Waals surface area contributed by atoms with Crippen LogP contribution in [0.5, 0.6) is 11.5 Å². The summed E-state index contributed by atoms with van der Waals surface area (Å²) in [6.07, 6.45) is 5.38. The third kappa shape index (κ3) is 16.3. The first-order valence-corrected chi connectivity index (χ1v) is 16.4. The van der Waals surface area contributed by atoms with Crippen LogP contribution in [0.15, 0.2) is 34.3 Å². The number of hydrogen-bond donors (Lipinski definition) is 0. The number of benzene rings is 2. The number of aliphatic imine (C=N–C) groups is 2. The molecule has 0 atom stereocenters. The number of rotatable bonds is 10. The normalized spacial score (nSPS) is 13.2. The van der Waals surface area contributed by atoms with Crippen molar-refractivity contribution in [3.8, 4) is 11.5 Å². The maximum Gasteiger partial charge on any atom is 3.00 e. The first-order valence-electron chi connectivity index (χ1n) is 16.4. The maximum absolute atomic E-state index is 13.1. The van der Waals surface area contributed by atoms with Crippen LogP contribution in [0.1, 0.15) is 129 Å². The molecule has 0 fully saturated rings. The van der Waals surface area contributed by atoms with Crippen LogP contribution in [-0.4, -0.2) is 57.8 Å². The molecule has 1 radical (unpaired) electrons. The summed E-state index contributed by atoms with van der Waals surface area (Å²) in [4.78, 5) is 11.5. The van der Waals surface area contributed by atoms with Gasteiger partial charge in [-0.2, -0.15) is 0 Å². The van der Waals surface area contributed by atoms with Crippen molar-refractivity contribution in [2.45, 2.75) is 118 Å². The molecule has 0 saturated carbocycles. The first-order chi connectivity index (χ1) is 21.1. The topological polar surface area (TPSA) is 74.1 Å². The fourth-order valence-corrected chi connectivity index (χ4v) is 4.78. The summed E-state index contributed by atoms with van der Waals surface area (Å²) in [5, 5.41) is 26.3. The van der Waals surface area contributed by atoms with Gasteiger partial charge in [-0.05, 0) is 88.0 Å². The minimum absolute atomic E-state index is 0. The smallest absolute Gasteiger partial charge is 0.872 e. The van der Waals surface area contributed by atoms with E-state index in [1.807, 2.05) is 12.1 Å². The van der Waals surface area contributed by atoms with Crippen LogP contribution in [0.2, 0.25) is 0 Å². The van der Waals surface area contributed by atoms with E-state index in [2.05, 4.69) is 117 Å². The van der Waals surface area contributed by atoms with Gasteiger partial charge >= 0.3 is 23.7 Å². The van der Waals surface area contributed by atoms with Crippen molar-refractivity contribution < 1.29 is 44.0 Å². The molecule has 0 spiro atoms. The van der Waals surface area contributed by atoms with Gasteiger partial charge in [-0.3, -0.25) is 9.98 Å². The van der Waals surface area contributed by atoms with Crippen molar-refractivity contribution in [3.05, 3.63) is 57.6 Å². The average Bonchev–Trinajstić information content (AvgIpc) is 2.86. The van der Waals surface area contributed by atoms with Gasteiger partial charge in [-0.1, -0.05) is 119 Å². The zero-order valence-electron chi connectivity index (χ0n) is 31.3. The van der Waals surface area contributed by atoms with E-state index in [1.54, 1.807) is 12.4 Å². The summed E-state index contributed by atoms with van der Waals surface area (Å²) in [5.74, 6) is 0.168. The van der Waals surface area contributed by atoms with Crippen LogP contribution in [0, 0.1) is 0 Å². The Labute approximate surface area is 297 Å². The molecule has 11 heteroatoms. The summed E-state index contributed by atoms with van der Waals surface area (Å²) in [6, 6.07) is 8.16. The van der Waals surface area contributed by atoms with E-state index in [-0.39, 0.29) is 49.7 Å². The van der Waals surface area contributed by atoms with Gasteiger partial charge in [0.15, 0.2) is 0 Å². The summed E-state index contributed by atoms with van der Waals surface area (Å²) < 4.78 is 39.0. The summed E-state index contributed by atoms with van der Waals surface area (Å²) >= 11 is 0. The van der Waals surface area contributed by atoms with Crippen molar-refractivity contribution in [3.63, 3.8) is 0 Å². The monoisotopic (exact) mass is 720 g/mol. The van der Waals surface area contributed by atoms with Crippen LogP contribution in [0.3, 0.4) is 0 Å². The van der Waals surface area contributed by atoms with Gasteiger partial charge in [0.2, 0.25) is 0 Å². The molecule has 0 unspecified atom stereocenters. The van der Waals surface area contributed by atoms with Crippen molar-refractivity contribution in [1.29, 1.82) is 0 Å². The van der Waals surface area contributed by atoms with Crippen molar-refractivity contribution in [2.75, 3.05) is 33.2 Å². The van der Waals surface area contributed by atoms with Crippen LogP contribution in [0.25, 0.3) is 0 Å². The molecule has 5 nitrogen and oxygen atoms in total. The molecule has 48 heavy (non-hydrogen) atoms. The Balaban J connectivity index is 0.00000341. The molecule has 0 amide bonds. The van der Waals surface area contributed by atoms with E-state index in [0.717, 1.165) is 37.1 Å². The minimum Gasteiger partial charge on any atom is -0.872 e. The van der Waals surface area contributed by atoms with Crippen LogP contribution >= 0.6 is 0 Å². The van der Waals surface area contributed by atoms with Crippen LogP contribution in [0.4, 0.5) is 17.3 Å². The molecular weight excluding hydrogens is 664 g/mol. The molecule has 0 aliphatic heterocycles. The predicted molar refractivity (Wildman–Crippen MR) is 188 cm³/mol. The second-order valence-electron chi connectivity index (χ2n) is 16.5. The van der Waals surface area contributed by atoms with Gasteiger partial charge in [-0.25, -0.2) is 0 Å². The second-order valence-corrected chi connectivity index (χ2v) is 16.5. The van der Waals surface area contributed by atoms with Gasteiger partial charge in [0, 0.05) is 25.5 Å². The van der Waals surface area contributed by atoms with E-state index in [9.17, 15) is 27.5 Å². The molecule has 273 valence electrons. The van der Waals surface area contributed by atoms with Gasteiger partial charge in [0.25, 0.3) is 0 Å². The molecule has 2 aromatic rings. The van der Waals surface area contributed by atoms with E-state index in [4.69, 9.17) is 0 Å². The Bertz CT molecular complexity index is 1260. The SMILES string of the molecule is CN(CCCN=Cc1cc(C(C)(C)C)cc(C(C)(C)C)c1[O-])CCCN=Cc1cc(C(C)(C)C)cc(C(C)(C)C)c1[O-].F[B-](F)(F)F.[Ni+3]. The standard InChI is InChI=1S/C37H59N3O2.BF4.Ni/c1-34(2,3)28-20-26(32(41)30(22-28)36(7,8)9)24-38-16-14-18-40(13)19-15-17-39-25-27-21-29(35(4,5)6)23-31(33(27)42)37(10,11)12;2-1(3,4)5;/h20-25,41-42H,14-19H2,1-13H3;;/q;-1;+3/p-2. The number of hydrogen-bond acceptors (Lipinski definition) is 5. The summed E-state index contributed by atoms with van der Waals surface area (Å²) in [6.45, 7) is 28.8. The van der Waals surface area contributed by atoms with Crippen molar-refractivity contribution in [2.24, 2.45) is 9.98 Å².